The summed E-state index contributed by atoms with van der Waals surface area (Å²) in [7, 11) is -1.33. The highest BCUT2D eigenvalue weighted by atomic mass is 16.4. The van der Waals surface area contributed by atoms with Crippen LogP contribution in [0.25, 0.3) is 0 Å². The molecule has 7 N–H and O–H groups in total. The molecule has 0 heterocycles. The first-order chi connectivity index (χ1) is 7.90. The van der Waals surface area contributed by atoms with Crippen LogP contribution in [0.1, 0.15) is 25.7 Å². The van der Waals surface area contributed by atoms with E-state index in [1.807, 2.05) is 0 Å². The van der Waals surface area contributed by atoms with Crippen molar-refractivity contribution in [2.75, 3.05) is 6.54 Å². The van der Waals surface area contributed by atoms with Crippen LogP contribution in [0.15, 0.2) is 0 Å². The van der Waals surface area contributed by atoms with Gasteiger partial charge < -0.3 is 26.6 Å². The fourth-order valence-electron chi connectivity index (χ4n) is 2.66. The van der Waals surface area contributed by atoms with Gasteiger partial charge in [0.15, 0.2) is 0 Å². The van der Waals surface area contributed by atoms with Gasteiger partial charge in [-0.3, -0.25) is 4.79 Å². The van der Waals surface area contributed by atoms with Gasteiger partial charge in [0.05, 0.1) is 0 Å². The Morgan fingerprint density at radius 3 is 2.53 bits per heavy atom. The summed E-state index contributed by atoms with van der Waals surface area (Å²) in [6.07, 6.45) is 2.73. The summed E-state index contributed by atoms with van der Waals surface area (Å²) in [5.74, 6) is -1.09. The molecule has 0 aromatic heterocycles. The molecule has 0 amide bonds. The SMILES string of the molecule is NCC1CCC(CCB(O)O)C[C@@]1(N)C(=O)O. The van der Waals surface area contributed by atoms with Crippen LogP contribution in [0, 0.1) is 11.8 Å². The minimum atomic E-state index is -1.33. The second-order valence-electron chi connectivity index (χ2n) is 4.98. The molecule has 6 nitrogen and oxygen atoms in total. The second-order valence-corrected chi connectivity index (χ2v) is 4.98. The minimum absolute atomic E-state index is 0.126. The van der Waals surface area contributed by atoms with Crippen LogP contribution in [-0.4, -0.2) is 40.3 Å². The molecule has 3 atom stereocenters. The monoisotopic (exact) mass is 244 g/mol. The van der Waals surface area contributed by atoms with Gasteiger partial charge >= 0.3 is 13.1 Å². The van der Waals surface area contributed by atoms with Crippen LogP contribution in [0.5, 0.6) is 0 Å². The van der Waals surface area contributed by atoms with E-state index in [0.717, 1.165) is 6.42 Å². The van der Waals surface area contributed by atoms with Crippen molar-refractivity contribution < 1.29 is 19.9 Å². The molecule has 0 aromatic rings. The van der Waals surface area contributed by atoms with Gasteiger partial charge in [-0.25, -0.2) is 0 Å². The van der Waals surface area contributed by atoms with Crippen molar-refractivity contribution in [3.8, 4) is 0 Å². The van der Waals surface area contributed by atoms with Crippen molar-refractivity contribution in [1.82, 2.24) is 0 Å². The van der Waals surface area contributed by atoms with Gasteiger partial charge in [-0.05, 0) is 44.0 Å². The molecule has 1 aliphatic rings. The van der Waals surface area contributed by atoms with Crippen LogP contribution in [-0.2, 0) is 4.79 Å². The Morgan fingerprint density at radius 1 is 1.41 bits per heavy atom. The molecule has 7 heteroatoms. The first-order valence-electron chi connectivity index (χ1n) is 5.98. The predicted molar refractivity (Wildman–Crippen MR) is 64.1 cm³/mol. The van der Waals surface area contributed by atoms with E-state index in [1.54, 1.807) is 0 Å². The van der Waals surface area contributed by atoms with E-state index in [1.165, 1.54) is 0 Å². The van der Waals surface area contributed by atoms with Crippen molar-refractivity contribution in [2.24, 2.45) is 23.3 Å². The van der Waals surface area contributed by atoms with Crippen molar-refractivity contribution in [2.45, 2.75) is 37.5 Å². The molecule has 17 heavy (non-hydrogen) atoms. The lowest BCUT2D eigenvalue weighted by Gasteiger charge is -2.41. The number of carbonyl (C=O) groups is 1. The highest BCUT2D eigenvalue weighted by Crippen LogP contribution is 2.37. The second kappa shape index (κ2) is 5.81. The maximum atomic E-state index is 11.2. The fourth-order valence-corrected chi connectivity index (χ4v) is 2.66. The van der Waals surface area contributed by atoms with E-state index in [0.29, 0.717) is 19.3 Å². The topological polar surface area (TPSA) is 130 Å². The molecule has 98 valence electrons. The Balaban J connectivity index is 2.63. The Bertz CT molecular complexity index is 277. The molecule has 1 aliphatic carbocycles. The summed E-state index contributed by atoms with van der Waals surface area (Å²) in [5.41, 5.74) is 10.2. The van der Waals surface area contributed by atoms with Crippen molar-refractivity contribution in [3.05, 3.63) is 0 Å². The van der Waals surface area contributed by atoms with Gasteiger partial charge in [0, 0.05) is 0 Å². The summed E-state index contributed by atoms with van der Waals surface area (Å²) >= 11 is 0. The number of hydrogen-bond donors (Lipinski definition) is 5. The molecule has 0 bridgehead atoms. The highest BCUT2D eigenvalue weighted by molar-refractivity contribution is 6.40. The lowest BCUT2D eigenvalue weighted by Crippen LogP contribution is -2.59. The summed E-state index contributed by atoms with van der Waals surface area (Å²) in [4.78, 5) is 11.2. The molecule has 0 saturated heterocycles. The van der Waals surface area contributed by atoms with E-state index >= 15 is 0 Å². The van der Waals surface area contributed by atoms with Crippen molar-refractivity contribution in [1.29, 1.82) is 0 Å². The molecular weight excluding hydrogens is 223 g/mol. The van der Waals surface area contributed by atoms with Gasteiger partial charge in [0.25, 0.3) is 0 Å². The molecule has 1 saturated carbocycles. The Labute approximate surface area is 101 Å². The zero-order chi connectivity index (χ0) is 13.1. The minimum Gasteiger partial charge on any atom is -0.480 e. The first kappa shape index (κ1) is 14.4. The summed E-state index contributed by atoms with van der Waals surface area (Å²) in [5, 5.41) is 26.8. The molecule has 0 aromatic carbocycles. The fraction of sp³-hybridized carbons (Fsp3) is 0.900. The molecular formula is C10H21BN2O4. The average Bonchev–Trinajstić information content (AvgIpc) is 2.26. The summed E-state index contributed by atoms with van der Waals surface area (Å²) in [6, 6.07) is 0. The number of aliphatic carboxylic acids is 1. The van der Waals surface area contributed by atoms with E-state index in [2.05, 4.69) is 0 Å². The number of carboxylic acids is 1. The van der Waals surface area contributed by atoms with Crippen LogP contribution >= 0.6 is 0 Å². The third-order valence-corrected chi connectivity index (χ3v) is 3.79. The Hall–Kier alpha value is -0.625. The zero-order valence-electron chi connectivity index (χ0n) is 9.88. The highest BCUT2D eigenvalue weighted by Gasteiger charge is 2.46. The van der Waals surface area contributed by atoms with Gasteiger partial charge in [-0.1, -0.05) is 6.42 Å². The lowest BCUT2D eigenvalue weighted by molar-refractivity contribution is -0.147. The smallest absolute Gasteiger partial charge is 0.451 e. The molecule has 1 rings (SSSR count). The largest absolute Gasteiger partial charge is 0.480 e. The van der Waals surface area contributed by atoms with Crippen molar-refractivity contribution in [3.63, 3.8) is 0 Å². The van der Waals surface area contributed by atoms with Gasteiger partial charge in [-0.2, -0.15) is 0 Å². The van der Waals surface area contributed by atoms with Crippen LogP contribution < -0.4 is 11.5 Å². The third kappa shape index (κ3) is 3.42. The number of rotatable bonds is 5. The molecule has 0 aliphatic heterocycles. The number of carboxylic acid groups (broad SMARTS) is 1. The molecule has 1 fully saturated rings. The Kier molecular flexibility index (Phi) is 4.94. The maximum absolute atomic E-state index is 11.2. The van der Waals surface area contributed by atoms with Crippen LogP contribution in [0.2, 0.25) is 6.32 Å². The number of hydrogen-bond acceptors (Lipinski definition) is 5. The van der Waals surface area contributed by atoms with Crippen LogP contribution in [0.4, 0.5) is 0 Å². The van der Waals surface area contributed by atoms with E-state index < -0.39 is 18.6 Å². The Morgan fingerprint density at radius 2 is 2.06 bits per heavy atom. The van der Waals surface area contributed by atoms with Gasteiger partial charge in [0.2, 0.25) is 0 Å². The third-order valence-electron chi connectivity index (χ3n) is 3.79. The molecule has 0 radical (unpaired) electrons. The normalized spacial score (nSPS) is 33.4. The van der Waals surface area contributed by atoms with E-state index in [-0.39, 0.29) is 24.7 Å². The van der Waals surface area contributed by atoms with Crippen LogP contribution in [0.3, 0.4) is 0 Å². The number of nitrogens with two attached hydrogens (primary N) is 2. The predicted octanol–water partition coefficient (Wildman–Crippen LogP) is -0.994. The lowest BCUT2D eigenvalue weighted by atomic mass is 9.66. The van der Waals surface area contributed by atoms with E-state index in [4.69, 9.17) is 21.5 Å². The van der Waals surface area contributed by atoms with Crippen molar-refractivity contribution >= 4 is 13.1 Å². The van der Waals surface area contributed by atoms with Gasteiger partial charge in [-0.15, -0.1) is 0 Å². The molecule has 2 unspecified atom stereocenters. The first-order valence-corrected chi connectivity index (χ1v) is 5.98. The standard InChI is InChI=1S/C10H21BN2O4/c12-6-8-2-1-7(3-4-11(16)17)5-10(8,13)9(14)15/h7-8,16-17H,1-6,12-13H2,(H,14,15)/t7?,8?,10-/m0/s1. The van der Waals surface area contributed by atoms with Gasteiger partial charge in [0.1, 0.15) is 5.54 Å². The average molecular weight is 244 g/mol. The summed E-state index contributed by atoms with van der Waals surface area (Å²) in [6.45, 7) is 0.276. The summed E-state index contributed by atoms with van der Waals surface area (Å²) < 4.78 is 0. The van der Waals surface area contributed by atoms with E-state index in [9.17, 15) is 9.90 Å². The quantitative estimate of drug-likeness (QED) is 0.394. The molecule has 0 spiro atoms. The maximum Gasteiger partial charge on any atom is 0.451 e. The zero-order valence-corrected chi connectivity index (χ0v) is 9.88.